The van der Waals surface area contributed by atoms with Gasteiger partial charge in [0.15, 0.2) is 0 Å². The highest BCUT2D eigenvalue weighted by Gasteiger charge is 2.70. The van der Waals surface area contributed by atoms with Crippen molar-refractivity contribution in [2.75, 3.05) is 19.6 Å². The van der Waals surface area contributed by atoms with Gasteiger partial charge in [-0.2, -0.15) is 0 Å². The Balaban J connectivity index is 1.76. The maximum Gasteiger partial charge on any atom is 0.304 e. The van der Waals surface area contributed by atoms with E-state index in [-0.39, 0.29) is 12.8 Å². The van der Waals surface area contributed by atoms with Gasteiger partial charge in [0.2, 0.25) is 0 Å². The van der Waals surface area contributed by atoms with E-state index in [2.05, 4.69) is 0 Å². The summed E-state index contributed by atoms with van der Waals surface area (Å²) in [5.41, 5.74) is -0.729. The van der Waals surface area contributed by atoms with Crippen LogP contribution >= 0.6 is 0 Å². The van der Waals surface area contributed by atoms with Gasteiger partial charge in [0.1, 0.15) is 0 Å². The van der Waals surface area contributed by atoms with Crippen LogP contribution in [0.25, 0.3) is 0 Å². The first-order valence-electron chi connectivity index (χ1n) is 5.27. The van der Waals surface area contributed by atoms with Crippen LogP contribution in [0.5, 0.6) is 0 Å². The fourth-order valence-electron chi connectivity index (χ4n) is 2.38. The minimum absolute atomic E-state index is 0.0345. The number of nitrogens with zero attached hydrogens (tertiary/aromatic N) is 1. The Labute approximate surface area is 87.1 Å². The molecule has 1 N–H and O–H groups in total. The van der Waals surface area contributed by atoms with Crippen LogP contribution in [0.2, 0.25) is 0 Å². The quantitative estimate of drug-likeness (QED) is 0.783. The fraction of sp³-hybridized carbons (Fsp3) is 0.900. The number of alkyl halides is 2. The molecule has 2 fully saturated rings. The van der Waals surface area contributed by atoms with Crippen LogP contribution in [0.4, 0.5) is 8.78 Å². The number of aliphatic carboxylic acids is 1. The van der Waals surface area contributed by atoms with Crippen molar-refractivity contribution in [2.24, 2.45) is 5.41 Å². The maximum absolute atomic E-state index is 13.0. The first-order valence-corrected chi connectivity index (χ1v) is 5.27. The number of likely N-dealkylation sites (tertiary alicyclic amines) is 1. The fourth-order valence-corrected chi connectivity index (χ4v) is 2.38. The molecule has 2 rings (SSSR count). The molecule has 0 bridgehead atoms. The van der Waals surface area contributed by atoms with Crippen LogP contribution < -0.4 is 0 Å². The highest BCUT2D eigenvalue weighted by molar-refractivity contribution is 5.66. The predicted octanol–water partition coefficient (Wildman–Crippen LogP) is 1.58. The Morgan fingerprint density at radius 1 is 1.33 bits per heavy atom. The molecule has 1 aliphatic carbocycles. The van der Waals surface area contributed by atoms with Gasteiger partial charge in [-0.1, -0.05) is 0 Å². The molecule has 0 radical (unpaired) electrons. The Morgan fingerprint density at radius 2 is 1.87 bits per heavy atom. The Morgan fingerprint density at radius 3 is 2.27 bits per heavy atom. The molecule has 3 nitrogen and oxygen atoms in total. The highest BCUT2D eigenvalue weighted by Crippen LogP contribution is 2.65. The van der Waals surface area contributed by atoms with Gasteiger partial charge < -0.3 is 10.0 Å². The van der Waals surface area contributed by atoms with Crippen LogP contribution in [0, 0.1) is 5.41 Å². The number of carbonyl (C=O) groups is 1. The number of piperidine rings is 1. The van der Waals surface area contributed by atoms with Crippen LogP contribution in [-0.4, -0.2) is 41.5 Å². The average molecular weight is 219 g/mol. The van der Waals surface area contributed by atoms with E-state index < -0.39 is 17.3 Å². The summed E-state index contributed by atoms with van der Waals surface area (Å²) < 4.78 is 26.0. The lowest BCUT2D eigenvalue weighted by Gasteiger charge is -2.31. The second-order valence-electron chi connectivity index (χ2n) is 4.65. The molecule has 0 aromatic heterocycles. The smallest absolute Gasteiger partial charge is 0.304 e. The van der Waals surface area contributed by atoms with Gasteiger partial charge in [-0.25, -0.2) is 8.78 Å². The molecule has 0 aromatic carbocycles. The van der Waals surface area contributed by atoms with Crippen LogP contribution in [0.1, 0.15) is 25.7 Å². The number of rotatable bonds is 3. The first kappa shape index (κ1) is 10.8. The monoisotopic (exact) mass is 219 g/mol. The van der Waals surface area contributed by atoms with Crippen molar-refractivity contribution >= 4 is 5.97 Å². The summed E-state index contributed by atoms with van der Waals surface area (Å²) >= 11 is 0. The summed E-state index contributed by atoms with van der Waals surface area (Å²) in [4.78, 5) is 12.3. The zero-order valence-corrected chi connectivity index (χ0v) is 8.51. The Kier molecular flexibility index (Phi) is 2.45. The van der Waals surface area contributed by atoms with Crippen LogP contribution in [0.15, 0.2) is 0 Å². The van der Waals surface area contributed by atoms with E-state index in [9.17, 15) is 13.6 Å². The molecular formula is C10H15F2NO2. The highest BCUT2D eigenvalue weighted by atomic mass is 19.3. The van der Waals surface area contributed by atoms with E-state index in [1.165, 1.54) is 0 Å². The molecule has 2 aliphatic rings. The van der Waals surface area contributed by atoms with Crippen molar-refractivity contribution < 1.29 is 18.7 Å². The van der Waals surface area contributed by atoms with Gasteiger partial charge in [0.25, 0.3) is 5.92 Å². The zero-order chi connectivity index (χ0) is 11.1. The third-order valence-electron chi connectivity index (χ3n) is 3.67. The standard InChI is InChI=1S/C10H15F2NO2/c11-10(12)7-9(10)2-5-13(6-3-9)4-1-8(14)15/h1-7H2,(H,14,15). The molecular weight excluding hydrogens is 204 g/mol. The molecule has 0 unspecified atom stereocenters. The third kappa shape index (κ3) is 1.97. The van der Waals surface area contributed by atoms with E-state index in [0.717, 1.165) is 0 Å². The molecule has 0 aromatic rings. The Bertz CT molecular complexity index is 273. The van der Waals surface area contributed by atoms with E-state index in [1.807, 2.05) is 4.90 Å². The molecule has 5 heteroatoms. The summed E-state index contributed by atoms with van der Waals surface area (Å²) in [6.07, 6.45) is 1.16. The molecule has 1 saturated heterocycles. The minimum Gasteiger partial charge on any atom is -0.481 e. The molecule has 15 heavy (non-hydrogen) atoms. The van der Waals surface area contributed by atoms with Crippen LogP contribution in [-0.2, 0) is 4.79 Å². The third-order valence-corrected chi connectivity index (χ3v) is 3.67. The van der Waals surface area contributed by atoms with Crippen molar-refractivity contribution in [1.82, 2.24) is 4.90 Å². The number of carboxylic acids is 1. The average Bonchev–Trinajstić information content (AvgIpc) is 2.67. The largest absolute Gasteiger partial charge is 0.481 e. The van der Waals surface area contributed by atoms with Crippen molar-refractivity contribution in [2.45, 2.75) is 31.6 Å². The molecule has 1 aliphatic heterocycles. The van der Waals surface area contributed by atoms with E-state index in [1.54, 1.807) is 0 Å². The minimum atomic E-state index is -2.45. The second-order valence-corrected chi connectivity index (χ2v) is 4.65. The maximum atomic E-state index is 13.0. The lowest BCUT2D eigenvalue weighted by molar-refractivity contribution is -0.137. The number of hydrogen-bond acceptors (Lipinski definition) is 2. The summed E-state index contributed by atoms with van der Waals surface area (Å²) in [6, 6.07) is 0. The number of carboxylic acid groups (broad SMARTS) is 1. The van der Waals surface area contributed by atoms with E-state index in [0.29, 0.717) is 32.5 Å². The van der Waals surface area contributed by atoms with Gasteiger partial charge >= 0.3 is 5.97 Å². The van der Waals surface area contributed by atoms with Gasteiger partial charge in [-0.3, -0.25) is 4.79 Å². The van der Waals surface area contributed by atoms with Gasteiger partial charge in [0.05, 0.1) is 6.42 Å². The summed E-state index contributed by atoms with van der Waals surface area (Å²) in [5.74, 6) is -3.28. The number of halogens is 2. The molecule has 1 saturated carbocycles. The van der Waals surface area contributed by atoms with Crippen molar-refractivity contribution in [3.8, 4) is 0 Å². The summed E-state index contributed by atoms with van der Waals surface area (Å²) in [5, 5.41) is 8.50. The topological polar surface area (TPSA) is 40.5 Å². The van der Waals surface area contributed by atoms with E-state index in [4.69, 9.17) is 5.11 Å². The van der Waals surface area contributed by atoms with Crippen molar-refractivity contribution in [1.29, 1.82) is 0 Å². The Hall–Kier alpha value is -0.710. The first-order chi connectivity index (χ1) is 6.95. The van der Waals surface area contributed by atoms with E-state index >= 15 is 0 Å². The molecule has 0 atom stereocenters. The van der Waals surface area contributed by atoms with Gasteiger partial charge in [0, 0.05) is 18.4 Å². The zero-order valence-electron chi connectivity index (χ0n) is 8.51. The van der Waals surface area contributed by atoms with Crippen molar-refractivity contribution in [3.05, 3.63) is 0 Å². The SMILES string of the molecule is O=C(O)CCN1CCC2(CC1)CC2(F)F. The normalized spacial score (nSPS) is 27.9. The summed E-state index contributed by atoms with van der Waals surface area (Å²) in [6.45, 7) is 1.71. The molecule has 1 spiro atoms. The lowest BCUT2D eigenvalue weighted by atomic mass is 9.93. The predicted molar refractivity (Wildman–Crippen MR) is 49.9 cm³/mol. The van der Waals surface area contributed by atoms with Gasteiger partial charge in [-0.15, -0.1) is 0 Å². The molecule has 86 valence electrons. The number of hydrogen-bond donors (Lipinski definition) is 1. The molecule has 0 amide bonds. The van der Waals surface area contributed by atoms with Crippen molar-refractivity contribution in [3.63, 3.8) is 0 Å². The lowest BCUT2D eigenvalue weighted by Crippen LogP contribution is -2.37. The summed E-state index contributed by atoms with van der Waals surface area (Å²) in [7, 11) is 0. The molecule has 1 heterocycles. The second kappa shape index (κ2) is 3.40. The van der Waals surface area contributed by atoms with Gasteiger partial charge in [-0.05, 0) is 25.9 Å². The van der Waals surface area contributed by atoms with Crippen LogP contribution in [0.3, 0.4) is 0 Å².